The number of rotatable bonds is 5. The van der Waals surface area contributed by atoms with Gasteiger partial charge < -0.3 is 14.2 Å². The maximum Gasteiger partial charge on any atom is 0.233 e. The summed E-state index contributed by atoms with van der Waals surface area (Å²) < 4.78 is 17.7. The van der Waals surface area contributed by atoms with Crippen molar-refractivity contribution in [3.05, 3.63) is 48.0 Å². The number of carbonyl (C=O) groups is 1. The zero-order valence-corrected chi connectivity index (χ0v) is 16.1. The van der Waals surface area contributed by atoms with Crippen LogP contribution in [-0.4, -0.2) is 36.9 Å². The molecule has 0 aliphatic carbocycles. The molecule has 5 rings (SSSR count). The molecule has 3 aromatic rings. The second-order valence-electron chi connectivity index (χ2n) is 6.97. The van der Waals surface area contributed by atoms with Crippen molar-refractivity contribution in [2.24, 2.45) is 0 Å². The van der Waals surface area contributed by atoms with Crippen molar-refractivity contribution in [2.45, 2.75) is 25.4 Å². The summed E-state index contributed by atoms with van der Waals surface area (Å²) in [7, 11) is 0. The zero-order chi connectivity index (χ0) is 18.9. The van der Waals surface area contributed by atoms with E-state index in [0.717, 1.165) is 46.1 Å². The molecule has 0 N–H and O–H groups in total. The molecule has 1 atom stereocenters. The Morgan fingerprint density at radius 1 is 1.18 bits per heavy atom. The monoisotopic (exact) mass is 396 g/mol. The Balaban J connectivity index is 1.42. The first kappa shape index (κ1) is 17.5. The molecule has 2 aliphatic rings. The van der Waals surface area contributed by atoms with E-state index in [2.05, 4.69) is 0 Å². The fraction of sp³-hybridized carbons (Fsp3) is 0.333. The Bertz CT molecular complexity index is 980. The largest absolute Gasteiger partial charge is 0.454 e. The predicted molar refractivity (Wildman–Crippen MR) is 107 cm³/mol. The van der Waals surface area contributed by atoms with Crippen LogP contribution in [0.5, 0.6) is 11.5 Å². The SMILES string of the molecule is O=C(Cc1ccc2c(c1)OCO2)N(CC1CCCO1)c1nc2ccccc2s1. The first-order valence-corrected chi connectivity index (χ1v) is 10.2. The summed E-state index contributed by atoms with van der Waals surface area (Å²) in [5, 5.41) is 0.724. The van der Waals surface area contributed by atoms with E-state index < -0.39 is 0 Å². The molecule has 0 radical (unpaired) electrons. The summed E-state index contributed by atoms with van der Waals surface area (Å²) in [6, 6.07) is 13.6. The van der Waals surface area contributed by atoms with Crippen molar-refractivity contribution in [3.63, 3.8) is 0 Å². The van der Waals surface area contributed by atoms with Crippen LogP contribution < -0.4 is 14.4 Å². The van der Waals surface area contributed by atoms with Crippen LogP contribution in [0.15, 0.2) is 42.5 Å². The van der Waals surface area contributed by atoms with Crippen LogP contribution >= 0.6 is 11.3 Å². The summed E-state index contributed by atoms with van der Waals surface area (Å²) in [6.45, 7) is 1.52. The lowest BCUT2D eigenvalue weighted by molar-refractivity contribution is -0.118. The number of anilines is 1. The van der Waals surface area contributed by atoms with E-state index in [1.54, 1.807) is 16.2 Å². The van der Waals surface area contributed by atoms with Gasteiger partial charge in [0.2, 0.25) is 12.7 Å². The zero-order valence-electron chi connectivity index (χ0n) is 15.3. The Hall–Kier alpha value is -2.64. The Morgan fingerprint density at radius 3 is 2.93 bits per heavy atom. The molecule has 1 aromatic heterocycles. The highest BCUT2D eigenvalue weighted by molar-refractivity contribution is 7.22. The summed E-state index contributed by atoms with van der Waals surface area (Å²) in [5.41, 5.74) is 1.81. The molecule has 1 saturated heterocycles. The van der Waals surface area contributed by atoms with Gasteiger partial charge in [0.05, 0.1) is 29.3 Å². The van der Waals surface area contributed by atoms with Crippen LogP contribution in [0.4, 0.5) is 5.13 Å². The van der Waals surface area contributed by atoms with Gasteiger partial charge in [-0.2, -0.15) is 0 Å². The predicted octanol–water partition coefficient (Wildman–Crippen LogP) is 3.78. The van der Waals surface area contributed by atoms with Gasteiger partial charge in [0.1, 0.15) is 0 Å². The van der Waals surface area contributed by atoms with Crippen LogP contribution in [0.2, 0.25) is 0 Å². The molecule has 2 aromatic carbocycles. The standard InChI is InChI=1S/C21H20N2O4S/c24-20(11-14-7-8-17-18(10-14)27-13-26-17)23(12-15-4-3-9-25-15)21-22-16-5-1-2-6-19(16)28-21/h1-2,5-8,10,15H,3-4,9,11-13H2. The number of aromatic nitrogens is 1. The molecular formula is C21H20N2O4S. The van der Waals surface area contributed by atoms with Crippen LogP contribution in [0.3, 0.4) is 0 Å². The lowest BCUT2D eigenvalue weighted by atomic mass is 10.1. The minimum absolute atomic E-state index is 0.00780. The van der Waals surface area contributed by atoms with Crippen LogP contribution in [0, 0.1) is 0 Å². The van der Waals surface area contributed by atoms with Gasteiger partial charge in [-0.25, -0.2) is 4.98 Å². The third-order valence-electron chi connectivity index (χ3n) is 5.02. The minimum Gasteiger partial charge on any atom is -0.454 e. The average Bonchev–Trinajstić information content (AvgIpc) is 3.45. The van der Waals surface area contributed by atoms with Crippen molar-refractivity contribution in [3.8, 4) is 11.5 Å². The summed E-state index contributed by atoms with van der Waals surface area (Å²) in [6.07, 6.45) is 2.35. The van der Waals surface area contributed by atoms with Crippen molar-refractivity contribution >= 4 is 32.6 Å². The third-order valence-corrected chi connectivity index (χ3v) is 6.08. The summed E-state index contributed by atoms with van der Waals surface area (Å²) >= 11 is 1.54. The Morgan fingerprint density at radius 2 is 2.07 bits per heavy atom. The maximum atomic E-state index is 13.2. The molecule has 1 amide bonds. The van der Waals surface area contributed by atoms with E-state index in [-0.39, 0.29) is 25.2 Å². The van der Waals surface area contributed by atoms with Gasteiger partial charge in [0, 0.05) is 6.61 Å². The number of fused-ring (bicyclic) bond motifs is 2. The molecule has 1 unspecified atom stereocenters. The van der Waals surface area contributed by atoms with Crippen LogP contribution in [0.25, 0.3) is 10.2 Å². The molecule has 0 spiro atoms. The molecule has 2 aliphatic heterocycles. The number of carbonyl (C=O) groups excluding carboxylic acids is 1. The number of hydrogen-bond donors (Lipinski definition) is 0. The molecule has 28 heavy (non-hydrogen) atoms. The van der Waals surface area contributed by atoms with Gasteiger partial charge in [-0.3, -0.25) is 9.69 Å². The summed E-state index contributed by atoms with van der Waals surface area (Å²) in [5.74, 6) is 1.42. The van der Waals surface area contributed by atoms with E-state index in [4.69, 9.17) is 19.2 Å². The second-order valence-corrected chi connectivity index (χ2v) is 7.98. The van der Waals surface area contributed by atoms with E-state index in [1.807, 2.05) is 42.5 Å². The highest BCUT2D eigenvalue weighted by Crippen LogP contribution is 2.34. The number of para-hydroxylation sites is 1. The molecular weight excluding hydrogens is 376 g/mol. The van der Waals surface area contributed by atoms with Gasteiger partial charge in [-0.1, -0.05) is 29.5 Å². The van der Waals surface area contributed by atoms with Crippen molar-refractivity contribution in [1.82, 2.24) is 4.98 Å². The van der Waals surface area contributed by atoms with Crippen LogP contribution in [0.1, 0.15) is 18.4 Å². The number of nitrogens with zero attached hydrogens (tertiary/aromatic N) is 2. The number of hydrogen-bond acceptors (Lipinski definition) is 6. The smallest absolute Gasteiger partial charge is 0.233 e. The van der Waals surface area contributed by atoms with E-state index in [9.17, 15) is 4.79 Å². The Labute approximate surface area is 166 Å². The van der Waals surface area contributed by atoms with E-state index in [0.29, 0.717) is 12.3 Å². The van der Waals surface area contributed by atoms with Gasteiger partial charge in [0.25, 0.3) is 0 Å². The van der Waals surface area contributed by atoms with Crippen molar-refractivity contribution < 1.29 is 19.0 Å². The molecule has 144 valence electrons. The van der Waals surface area contributed by atoms with E-state index in [1.165, 1.54) is 0 Å². The molecule has 0 saturated carbocycles. The third kappa shape index (κ3) is 3.43. The van der Waals surface area contributed by atoms with Gasteiger partial charge >= 0.3 is 0 Å². The highest BCUT2D eigenvalue weighted by atomic mass is 32.1. The fourth-order valence-electron chi connectivity index (χ4n) is 3.58. The molecule has 3 heterocycles. The molecule has 1 fully saturated rings. The highest BCUT2D eigenvalue weighted by Gasteiger charge is 2.26. The lowest BCUT2D eigenvalue weighted by Gasteiger charge is -2.23. The quantitative estimate of drug-likeness (QED) is 0.657. The minimum atomic E-state index is 0.00780. The van der Waals surface area contributed by atoms with Crippen molar-refractivity contribution in [1.29, 1.82) is 0 Å². The number of benzene rings is 2. The maximum absolute atomic E-state index is 13.2. The van der Waals surface area contributed by atoms with E-state index >= 15 is 0 Å². The van der Waals surface area contributed by atoms with Crippen molar-refractivity contribution in [2.75, 3.05) is 24.8 Å². The average molecular weight is 396 g/mol. The second kappa shape index (κ2) is 7.41. The van der Waals surface area contributed by atoms with Crippen LogP contribution in [-0.2, 0) is 16.0 Å². The summed E-state index contributed by atoms with van der Waals surface area (Å²) in [4.78, 5) is 19.7. The Kier molecular flexibility index (Phi) is 4.62. The molecule has 0 bridgehead atoms. The normalized spacial score (nSPS) is 17.9. The number of amides is 1. The molecule has 6 nitrogen and oxygen atoms in total. The fourth-order valence-corrected chi connectivity index (χ4v) is 4.57. The van der Waals surface area contributed by atoms with Gasteiger partial charge in [0.15, 0.2) is 16.6 Å². The lowest BCUT2D eigenvalue weighted by Crippen LogP contribution is -2.38. The first-order chi connectivity index (χ1) is 13.8. The van der Waals surface area contributed by atoms with Gasteiger partial charge in [-0.05, 0) is 42.7 Å². The van der Waals surface area contributed by atoms with Gasteiger partial charge in [-0.15, -0.1) is 0 Å². The topological polar surface area (TPSA) is 60.9 Å². The number of ether oxygens (including phenoxy) is 3. The number of thiazole rings is 1. The molecule has 7 heteroatoms. The first-order valence-electron chi connectivity index (χ1n) is 9.42.